The van der Waals surface area contributed by atoms with Gasteiger partial charge in [0.15, 0.2) is 11.6 Å². The SMILES string of the molecule is CC1CCC(C2CCC(C(C)c3cc4c(c(F)c3F)OC(C)CC4)CC2)CC1. The van der Waals surface area contributed by atoms with E-state index in [4.69, 9.17) is 4.74 Å². The molecule has 1 heterocycles. The Morgan fingerprint density at radius 3 is 2.11 bits per heavy atom. The van der Waals surface area contributed by atoms with Crippen molar-refractivity contribution < 1.29 is 13.5 Å². The molecule has 1 aliphatic heterocycles. The van der Waals surface area contributed by atoms with E-state index >= 15 is 0 Å². The van der Waals surface area contributed by atoms with E-state index in [2.05, 4.69) is 13.8 Å². The van der Waals surface area contributed by atoms with Gasteiger partial charge in [-0.05, 0) is 105 Å². The first-order valence-electron chi connectivity index (χ1n) is 11.6. The third-order valence-corrected chi connectivity index (χ3v) is 8.15. The maximum atomic E-state index is 14.9. The van der Waals surface area contributed by atoms with E-state index in [0.717, 1.165) is 49.0 Å². The van der Waals surface area contributed by atoms with Crippen LogP contribution in [0.4, 0.5) is 8.78 Å². The number of ether oxygens (including phenoxy) is 1. The first kappa shape index (κ1) is 20.2. The van der Waals surface area contributed by atoms with Crippen LogP contribution in [0.15, 0.2) is 6.07 Å². The molecule has 1 nitrogen and oxygen atoms in total. The monoisotopic (exact) mass is 390 g/mol. The normalized spacial score (nSPS) is 34.4. The van der Waals surface area contributed by atoms with Gasteiger partial charge in [0, 0.05) is 0 Å². The molecule has 2 fully saturated rings. The summed E-state index contributed by atoms with van der Waals surface area (Å²) in [5, 5.41) is 0. The summed E-state index contributed by atoms with van der Waals surface area (Å²) < 4.78 is 35.1. The van der Waals surface area contributed by atoms with Gasteiger partial charge in [0.05, 0.1) is 6.10 Å². The molecule has 3 aliphatic rings. The lowest BCUT2D eigenvalue weighted by molar-refractivity contribution is 0.142. The molecular weight excluding hydrogens is 354 g/mol. The topological polar surface area (TPSA) is 9.23 Å². The predicted octanol–water partition coefficient (Wildman–Crippen LogP) is 7.41. The summed E-state index contributed by atoms with van der Waals surface area (Å²) in [7, 11) is 0. The Morgan fingerprint density at radius 2 is 1.46 bits per heavy atom. The summed E-state index contributed by atoms with van der Waals surface area (Å²) in [6, 6.07) is 1.90. The molecule has 2 atom stereocenters. The van der Waals surface area contributed by atoms with Crippen LogP contribution >= 0.6 is 0 Å². The Labute approximate surface area is 169 Å². The lowest BCUT2D eigenvalue weighted by Crippen LogP contribution is -2.27. The van der Waals surface area contributed by atoms with E-state index in [1.54, 1.807) is 0 Å². The first-order chi connectivity index (χ1) is 13.4. The van der Waals surface area contributed by atoms with E-state index in [-0.39, 0.29) is 17.8 Å². The Kier molecular flexibility index (Phi) is 5.99. The van der Waals surface area contributed by atoms with E-state index < -0.39 is 11.6 Å². The second-order valence-electron chi connectivity index (χ2n) is 10.0. The molecule has 1 aromatic carbocycles. The van der Waals surface area contributed by atoms with Gasteiger partial charge in [0.2, 0.25) is 5.82 Å². The number of hydrogen-bond donors (Lipinski definition) is 0. The standard InChI is InChI=1S/C25H36F2O/c1-15-4-7-19(8-5-15)20-12-10-18(11-13-20)17(3)22-14-21-9-6-16(2)28-25(21)24(27)23(22)26/h14-20H,4-13H2,1-3H3. The number of benzene rings is 1. The van der Waals surface area contributed by atoms with Crippen LogP contribution in [0.1, 0.15) is 95.6 Å². The highest BCUT2D eigenvalue weighted by Crippen LogP contribution is 2.46. The molecular formula is C25H36F2O. The van der Waals surface area contributed by atoms with Gasteiger partial charge in [-0.15, -0.1) is 0 Å². The van der Waals surface area contributed by atoms with Crippen LogP contribution in [-0.4, -0.2) is 6.10 Å². The molecule has 2 unspecified atom stereocenters. The van der Waals surface area contributed by atoms with Crippen LogP contribution in [0.3, 0.4) is 0 Å². The van der Waals surface area contributed by atoms with Crippen LogP contribution in [0.5, 0.6) is 5.75 Å². The van der Waals surface area contributed by atoms with Crippen LogP contribution in [0, 0.1) is 35.3 Å². The van der Waals surface area contributed by atoms with Crippen molar-refractivity contribution in [2.24, 2.45) is 23.7 Å². The van der Waals surface area contributed by atoms with Gasteiger partial charge in [-0.2, -0.15) is 4.39 Å². The maximum absolute atomic E-state index is 14.9. The van der Waals surface area contributed by atoms with Crippen molar-refractivity contribution in [2.45, 2.75) is 97.0 Å². The summed E-state index contributed by atoms with van der Waals surface area (Å²) in [5.41, 5.74) is 1.42. The fraction of sp³-hybridized carbons (Fsp3) is 0.760. The van der Waals surface area contributed by atoms with E-state index in [1.165, 1.54) is 38.5 Å². The molecule has 4 rings (SSSR count). The van der Waals surface area contributed by atoms with Crippen LogP contribution in [0.2, 0.25) is 0 Å². The minimum atomic E-state index is -0.768. The van der Waals surface area contributed by atoms with E-state index in [9.17, 15) is 8.78 Å². The predicted molar refractivity (Wildman–Crippen MR) is 110 cm³/mol. The largest absolute Gasteiger partial charge is 0.487 e. The average Bonchev–Trinajstić information content (AvgIpc) is 2.71. The Bertz CT molecular complexity index is 684. The van der Waals surface area contributed by atoms with Gasteiger partial charge in [0.1, 0.15) is 0 Å². The number of halogens is 2. The van der Waals surface area contributed by atoms with Crippen molar-refractivity contribution in [2.75, 3.05) is 0 Å². The second kappa shape index (κ2) is 8.32. The van der Waals surface area contributed by atoms with Gasteiger partial charge < -0.3 is 4.74 Å². The molecule has 2 saturated carbocycles. The molecule has 0 aromatic heterocycles. The minimum Gasteiger partial charge on any atom is -0.487 e. The summed E-state index contributed by atoms with van der Waals surface area (Å²) in [4.78, 5) is 0. The summed E-state index contributed by atoms with van der Waals surface area (Å²) in [5.74, 6) is 1.92. The molecule has 0 amide bonds. The maximum Gasteiger partial charge on any atom is 0.201 e. The van der Waals surface area contributed by atoms with Gasteiger partial charge in [-0.1, -0.05) is 26.7 Å². The van der Waals surface area contributed by atoms with Crippen LogP contribution in [-0.2, 0) is 6.42 Å². The Balaban J connectivity index is 1.43. The van der Waals surface area contributed by atoms with E-state index in [1.807, 2.05) is 13.0 Å². The Morgan fingerprint density at radius 1 is 0.857 bits per heavy atom. The number of fused-ring (bicyclic) bond motifs is 1. The van der Waals surface area contributed by atoms with E-state index in [0.29, 0.717) is 11.5 Å². The zero-order chi connectivity index (χ0) is 19.8. The lowest BCUT2D eigenvalue weighted by Gasteiger charge is -2.39. The second-order valence-corrected chi connectivity index (χ2v) is 10.0. The van der Waals surface area contributed by atoms with Crippen molar-refractivity contribution >= 4 is 0 Å². The molecule has 0 N–H and O–H groups in total. The smallest absolute Gasteiger partial charge is 0.201 e. The van der Waals surface area contributed by atoms with Crippen LogP contribution < -0.4 is 4.74 Å². The molecule has 0 saturated heterocycles. The molecule has 3 heteroatoms. The van der Waals surface area contributed by atoms with Crippen molar-refractivity contribution in [1.29, 1.82) is 0 Å². The van der Waals surface area contributed by atoms with Crippen molar-refractivity contribution in [3.8, 4) is 5.75 Å². The summed E-state index contributed by atoms with van der Waals surface area (Å²) >= 11 is 0. The van der Waals surface area contributed by atoms with Crippen molar-refractivity contribution in [1.82, 2.24) is 0 Å². The first-order valence-corrected chi connectivity index (χ1v) is 11.6. The third kappa shape index (κ3) is 3.96. The lowest BCUT2D eigenvalue weighted by atomic mass is 9.67. The van der Waals surface area contributed by atoms with Gasteiger partial charge in [0.25, 0.3) is 0 Å². The fourth-order valence-electron chi connectivity index (χ4n) is 6.07. The highest BCUT2D eigenvalue weighted by Gasteiger charge is 2.34. The highest BCUT2D eigenvalue weighted by atomic mass is 19.2. The molecule has 2 aliphatic carbocycles. The number of hydrogen-bond acceptors (Lipinski definition) is 1. The van der Waals surface area contributed by atoms with Crippen molar-refractivity contribution in [3.05, 3.63) is 28.8 Å². The zero-order valence-electron chi connectivity index (χ0n) is 17.8. The Hall–Kier alpha value is -1.12. The molecule has 156 valence electrons. The molecule has 1 aromatic rings. The van der Waals surface area contributed by atoms with Crippen molar-refractivity contribution in [3.63, 3.8) is 0 Å². The van der Waals surface area contributed by atoms with Gasteiger partial charge in [-0.3, -0.25) is 0 Å². The van der Waals surface area contributed by atoms with Gasteiger partial charge >= 0.3 is 0 Å². The number of aryl methyl sites for hydroxylation is 1. The summed E-state index contributed by atoms with van der Waals surface area (Å²) in [6.45, 7) is 6.40. The summed E-state index contributed by atoms with van der Waals surface area (Å²) in [6.07, 6.45) is 12.0. The third-order valence-electron chi connectivity index (χ3n) is 8.15. The minimum absolute atomic E-state index is 0.0391. The fourth-order valence-corrected chi connectivity index (χ4v) is 6.07. The molecule has 28 heavy (non-hydrogen) atoms. The molecule has 0 bridgehead atoms. The average molecular weight is 391 g/mol. The number of rotatable bonds is 3. The molecule has 0 spiro atoms. The zero-order valence-corrected chi connectivity index (χ0v) is 17.8. The van der Waals surface area contributed by atoms with Gasteiger partial charge in [-0.25, -0.2) is 4.39 Å². The highest BCUT2D eigenvalue weighted by molar-refractivity contribution is 5.42. The quantitative estimate of drug-likeness (QED) is 0.522. The van der Waals surface area contributed by atoms with Crippen LogP contribution in [0.25, 0.3) is 0 Å². The molecule has 0 radical (unpaired) electrons.